The van der Waals surface area contributed by atoms with Gasteiger partial charge in [0, 0.05) is 43.3 Å². The van der Waals surface area contributed by atoms with Crippen molar-refractivity contribution >= 4 is 15.8 Å². The van der Waals surface area contributed by atoms with Crippen LogP contribution in [0.2, 0.25) is 0 Å². The fourth-order valence-electron chi connectivity index (χ4n) is 7.33. The molecule has 2 saturated heterocycles. The Labute approximate surface area is 216 Å². The Morgan fingerprint density at radius 3 is 2.35 bits per heavy atom. The Morgan fingerprint density at radius 2 is 1.76 bits per heavy atom. The highest BCUT2D eigenvalue weighted by molar-refractivity contribution is 7.91. The van der Waals surface area contributed by atoms with Crippen molar-refractivity contribution in [2.75, 3.05) is 32.4 Å². The Kier molecular flexibility index (Phi) is 4.80. The van der Waals surface area contributed by atoms with Crippen molar-refractivity contribution in [3.63, 3.8) is 0 Å². The van der Waals surface area contributed by atoms with Gasteiger partial charge in [0.05, 0.1) is 20.7 Å². The first kappa shape index (κ1) is 23.6. The molecule has 5 aliphatic rings. The number of hydrogen-bond donors (Lipinski definition) is 2. The van der Waals surface area contributed by atoms with Crippen LogP contribution >= 0.6 is 0 Å². The zero-order valence-electron chi connectivity index (χ0n) is 21.0. The van der Waals surface area contributed by atoms with Gasteiger partial charge in [-0.15, -0.1) is 0 Å². The molecule has 2 amide bonds. The highest BCUT2D eigenvalue weighted by Crippen LogP contribution is 2.56. The quantitative estimate of drug-likeness (QED) is 0.619. The lowest BCUT2D eigenvalue weighted by molar-refractivity contribution is -0.107. The number of hydrogen-bond acceptors (Lipinski definition) is 6. The molecule has 3 saturated carbocycles. The van der Waals surface area contributed by atoms with Crippen molar-refractivity contribution in [3.8, 4) is 0 Å². The third-order valence-electron chi connectivity index (χ3n) is 9.41. The molecule has 0 radical (unpaired) electrons. The predicted octanol–water partition coefficient (Wildman–Crippen LogP) is 3.15. The average Bonchev–Trinajstić information content (AvgIpc) is 3.27. The van der Waals surface area contributed by atoms with Crippen molar-refractivity contribution in [3.05, 3.63) is 41.7 Å². The number of carbonyl (C=O) groups excluding carboxylic acids is 1. The minimum atomic E-state index is -2.98. The van der Waals surface area contributed by atoms with Crippen molar-refractivity contribution in [2.45, 2.75) is 61.5 Å². The molecule has 2 N–H and O–H groups in total. The summed E-state index contributed by atoms with van der Waals surface area (Å²) in [5.41, 5.74) is 0.407. The molecule has 1 unspecified atom stereocenters. The lowest BCUT2D eigenvalue weighted by Gasteiger charge is -2.63. The number of nitrogens with one attached hydrogen (secondary N) is 1. The summed E-state index contributed by atoms with van der Waals surface area (Å²) < 4.78 is 35.8. The Morgan fingerprint density at radius 1 is 1.14 bits per heavy atom. The summed E-state index contributed by atoms with van der Waals surface area (Å²) in [6, 6.07) is 4.75. The number of aromatic nitrogens is 3. The molecule has 9 nitrogen and oxygen atoms in total. The molecule has 1 aromatic heterocycles. The van der Waals surface area contributed by atoms with E-state index in [0.29, 0.717) is 29.1 Å². The molecule has 3 aliphatic carbocycles. The van der Waals surface area contributed by atoms with Crippen LogP contribution in [0, 0.1) is 27.3 Å². The predicted molar refractivity (Wildman–Crippen MR) is 133 cm³/mol. The summed E-state index contributed by atoms with van der Waals surface area (Å²) in [6.45, 7) is 3.18. The van der Waals surface area contributed by atoms with Crippen molar-refractivity contribution in [2.24, 2.45) is 16.7 Å². The number of nitrogens with zero attached hydrogens (tertiary/aromatic N) is 5. The molecule has 5 fully saturated rings. The van der Waals surface area contributed by atoms with Gasteiger partial charge in [-0.3, -0.25) is 0 Å². The molecule has 2 aliphatic heterocycles. The Hall–Kier alpha value is -2.53. The van der Waals surface area contributed by atoms with Gasteiger partial charge in [0.25, 0.3) is 0 Å². The standard InChI is InChI=1S/C26H33FN6O3S/c1-37(28,36)21-7-19(27)3-2-18(21)6-17-8-24(9-17)12-31(13-24)23(34)32-14-25(15-32)10-20(11-25)33-16-29-22(30-33)26(35)4-5-26/h2-3,7,16-17,20,28,35H,4-6,8-15H2,1H3. The topological polar surface area (TPSA) is 115 Å². The molecular weight excluding hydrogens is 495 g/mol. The van der Waals surface area contributed by atoms with E-state index in [1.165, 1.54) is 18.4 Å². The van der Waals surface area contributed by atoms with Crippen LogP contribution in [0.25, 0.3) is 0 Å². The number of urea groups is 1. The number of amides is 2. The van der Waals surface area contributed by atoms with Gasteiger partial charge in [-0.25, -0.2) is 27.8 Å². The van der Waals surface area contributed by atoms with Crippen molar-refractivity contribution in [1.29, 1.82) is 4.78 Å². The number of rotatable bonds is 5. The fraction of sp³-hybridized carbons (Fsp3) is 0.654. The van der Waals surface area contributed by atoms with E-state index >= 15 is 0 Å². The van der Waals surface area contributed by atoms with E-state index in [1.807, 2.05) is 14.5 Å². The molecule has 198 valence electrons. The van der Waals surface area contributed by atoms with E-state index in [9.17, 15) is 18.5 Å². The van der Waals surface area contributed by atoms with Gasteiger partial charge in [-0.1, -0.05) is 6.07 Å². The maximum absolute atomic E-state index is 13.7. The van der Waals surface area contributed by atoms with Gasteiger partial charge >= 0.3 is 6.03 Å². The van der Waals surface area contributed by atoms with E-state index in [0.717, 1.165) is 70.3 Å². The monoisotopic (exact) mass is 528 g/mol. The van der Waals surface area contributed by atoms with Gasteiger partial charge in [0.2, 0.25) is 0 Å². The van der Waals surface area contributed by atoms with Gasteiger partial charge in [-0.05, 0) is 68.6 Å². The van der Waals surface area contributed by atoms with Crippen molar-refractivity contribution < 1.29 is 18.5 Å². The van der Waals surface area contributed by atoms with Gasteiger partial charge in [0.15, 0.2) is 5.82 Å². The molecule has 2 spiro atoms. The van der Waals surface area contributed by atoms with Crippen LogP contribution in [0.5, 0.6) is 0 Å². The molecule has 0 bridgehead atoms. The lowest BCUT2D eigenvalue weighted by atomic mass is 9.56. The summed E-state index contributed by atoms with van der Waals surface area (Å²) in [7, 11) is -2.98. The van der Waals surface area contributed by atoms with E-state index in [2.05, 4.69) is 10.1 Å². The van der Waals surface area contributed by atoms with E-state index in [1.54, 1.807) is 12.4 Å². The summed E-state index contributed by atoms with van der Waals surface area (Å²) in [4.78, 5) is 21.5. The number of likely N-dealkylation sites (tertiary alicyclic amines) is 2. The molecular formula is C26H33FN6O3S. The highest BCUT2D eigenvalue weighted by atomic mass is 32.2. The normalized spacial score (nSPS) is 26.7. The Bertz CT molecular complexity index is 1370. The molecule has 3 heterocycles. The summed E-state index contributed by atoms with van der Waals surface area (Å²) in [5.74, 6) is 0.508. The minimum Gasteiger partial charge on any atom is -0.382 e. The number of aliphatic hydroxyl groups is 1. The molecule has 7 rings (SSSR count). The van der Waals surface area contributed by atoms with Gasteiger partial charge in [0.1, 0.15) is 17.7 Å². The third-order valence-corrected chi connectivity index (χ3v) is 10.6. The second-order valence-electron chi connectivity index (χ2n) is 12.7. The third kappa shape index (κ3) is 3.88. The van der Waals surface area contributed by atoms with Crippen LogP contribution in [0.4, 0.5) is 9.18 Å². The smallest absolute Gasteiger partial charge is 0.320 e. The van der Waals surface area contributed by atoms with Crippen LogP contribution in [0.1, 0.15) is 56.0 Å². The van der Waals surface area contributed by atoms with Gasteiger partial charge in [-0.2, -0.15) is 5.10 Å². The first-order chi connectivity index (χ1) is 17.4. The maximum atomic E-state index is 13.7. The molecule has 11 heteroatoms. The molecule has 37 heavy (non-hydrogen) atoms. The van der Waals surface area contributed by atoms with E-state index < -0.39 is 21.1 Å². The lowest BCUT2D eigenvalue weighted by Crippen LogP contribution is -2.71. The second kappa shape index (κ2) is 7.53. The Balaban J connectivity index is 0.870. The van der Waals surface area contributed by atoms with Crippen LogP contribution in [-0.4, -0.2) is 72.3 Å². The van der Waals surface area contributed by atoms with Crippen molar-refractivity contribution in [1.82, 2.24) is 24.6 Å². The number of benzene rings is 1. The molecule has 2 aromatic rings. The SMILES string of the molecule is CS(=N)(=O)c1cc(F)ccc1CC1CC2(C1)CN(C(=O)N1CC3(CC(n4cnc(C5(O)CC5)n4)C3)C1)C2. The minimum absolute atomic E-state index is 0.142. The highest BCUT2D eigenvalue weighted by Gasteiger charge is 2.58. The summed E-state index contributed by atoms with van der Waals surface area (Å²) in [6.07, 6.45) is 9.28. The van der Waals surface area contributed by atoms with Crippen LogP contribution < -0.4 is 0 Å². The average molecular weight is 529 g/mol. The largest absolute Gasteiger partial charge is 0.382 e. The first-order valence-electron chi connectivity index (χ1n) is 13.2. The van der Waals surface area contributed by atoms with Gasteiger partial charge < -0.3 is 14.9 Å². The van der Waals surface area contributed by atoms with Crippen LogP contribution in [0.3, 0.4) is 0 Å². The zero-order valence-corrected chi connectivity index (χ0v) is 21.8. The summed E-state index contributed by atoms with van der Waals surface area (Å²) in [5, 5.41) is 14.7. The maximum Gasteiger partial charge on any atom is 0.320 e. The number of carbonyl (C=O) groups is 1. The van der Waals surface area contributed by atoms with Crippen LogP contribution in [-0.2, 0) is 21.8 Å². The van der Waals surface area contributed by atoms with E-state index in [4.69, 9.17) is 4.78 Å². The first-order valence-corrected chi connectivity index (χ1v) is 15.1. The van der Waals surface area contributed by atoms with Crippen LogP contribution in [0.15, 0.2) is 29.4 Å². The fourth-order valence-corrected chi connectivity index (χ4v) is 8.32. The second-order valence-corrected chi connectivity index (χ2v) is 14.8. The zero-order chi connectivity index (χ0) is 25.8. The molecule has 1 atom stereocenters. The van der Waals surface area contributed by atoms with E-state index in [-0.39, 0.29) is 16.9 Å². The summed E-state index contributed by atoms with van der Waals surface area (Å²) >= 11 is 0. The number of halogens is 1. The molecule has 1 aromatic carbocycles.